The summed E-state index contributed by atoms with van der Waals surface area (Å²) in [5.74, 6) is -0.105. The van der Waals surface area contributed by atoms with Crippen LogP contribution in [0.25, 0.3) is 0 Å². The topological polar surface area (TPSA) is 104 Å². The number of carbonyl (C=O) groups excluding carboxylic acids is 2. The minimum atomic E-state index is -0.750. The molecule has 122 valence electrons. The van der Waals surface area contributed by atoms with Gasteiger partial charge in [0, 0.05) is 31.6 Å². The molecule has 2 amide bonds. The fraction of sp³-hybridized carbons (Fsp3) is 0.500. The first kappa shape index (κ1) is 18.0. The summed E-state index contributed by atoms with van der Waals surface area (Å²) in [5, 5.41) is 15.4. The van der Waals surface area contributed by atoms with Gasteiger partial charge in [-0.25, -0.2) is 0 Å². The Morgan fingerprint density at radius 1 is 1.09 bits per heavy atom. The van der Waals surface area contributed by atoms with E-state index in [1.807, 2.05) is 6.92 Å². The molecule has 0 heterocycles. The molecule has 0 aliphatic carbocycles. The molecule has 0 bridgehead atoms. The number of hydrogen-bond donors (Lipinski definition) is 4. The Morgan fingerprint density at radius 2 is 1.64 bits per heavy atom. The average Bonchev–Trinajstić information content (AvgIpc) is 2.50. The first-order valence-corrected chi connectivity index (χ1v) is 7.59. The van der Waals surface area contributed by atoms with Gasteiger partial charge < -0.3 is 21.5 Å². The van der Waals surface area contributed by atoms with E-state index >= 15 is 0 Å². The minimum Gasteiger partial charge on any atom is -0.399 e. The second-order valence-electron chi connectivity index (χ2n) is 5.15. The molecular formula is C16H25N3O3. The monoisotopic (exact) mass is 307 g/mol. The van der Waals surface area contributed by atoms with E-state index in [0.717, 1.165) is 0 Å². The predicted molar refractivity (Wildman–Crippen MR) is 86.0 cm³/mol. The van der Waals surface area contributed by atoms with Gasteiger partial charge in [-0.15, -0.1) is 0 Å². The fourth-order valence-electron chi connectivity index (χ4n) is 1.99. The van der Waals surface area contributed by atoms with E-state index in [1.54, 1.807) is 24.3 Å². The van der Waals surface area contributed by atoms with Gasteiger partial charge in [0.1, 0.15) is 0 Å². The van der Waals surface area contributed by atoms with Gasteiger partial charge in [0.15, 0.2) is 0 Å². The smallest absolute Gasteiger partial charge is 0.220 e. The molecule has 1 aromatic rings. The molecule has 5 N–H and O–H groups in total. The third kappa shape index (κ3) is 7.08. The van der Waals surface area contributed by atoms with Crippen LogP contribution in [0.3, 0.4) is 0 Å². The van der Waals surface area contributed by atoms with Crippen molar-refractivity contribution in [2.45, 2.75) is 38.7 Å². The Morgan fingerprint density at radius 3 is 2.18 bits per heavy atom. The SMILES string of the molecule is CCNC(=O)CCCCC(=O)NCC(O)c1ccc(N)cc1. The Labute approximate surface area is 131 Å². The average molecular weight is 307 g/mol. The van der Waals surface area contributed by atoms with Gasteiger partial charge in [0.05, 0.1) is 6.10 Å². The zero-order valence-electron chi connectivity index (χ0n) is 13.0. The Kier molecular flexibility index (Phi) is 7.99. The highest BCUT2D eigenvalue weighted by Gasteiger charge is 2.09. The Hall–Kier alpha value is -2.08. The lowest BCUT2D eigenvalue weighted by atomic mass is 10.1. The molecule has 0 saturated heterocycles. The van der Waals surface area contributed by atoms with E-state index < -0.39 is 6.10 Å². The van der Waals surface area contributed by atoms with Gasteiger partial charge in [-0.2, -0.15) is 0 Å². The molecule has 0 fully saturated rings. The van der Waals surface area contributed by atoms with Crippen LogP contribution in [0.5, 0.6) is 0 Å². The van der Waals surface area contributed by atoms with E-state index in [4.69, 9.17) is 5.73 Å². The van der Waals surface area contributed by atoms with Gasteiger partial charge in [-0.05, 0) is 37.5 Å². The minimum absolute atomic E-state index is 0.0154. The van der Waals surface area contributed by atoms with E-state index in [0.29, 0.717) is 43.5 Å². The summed E-state index contributed by atoms with van der Waals surface area (Å²) in [6.45, 7) is 2.67. The molecule has 0 spiro atoms. The standard InChI is InChI=1S/C16H25N3O3/c1-2-18-15(21)5-3-4-6-16(22)19-11-14(20)12-7-9-13(17)10-8-12/h7-10,14,20H,2-6,11,17H2,1H3,(H,18,21)(H,19,22). The van der Waals surface area contributed by atoms with Crippen LogP contribution in [0.4, 0.5) is 5.69 Å². The molecule has 6 heteroatoms. The summed E-state index contributed by atoms with van der Waals surface area (Å²) in [6.07, 6.45) is 1.38. The van der Waals surface area contributed by atoms with E-state index in [9.17, 15) is 14.7 Å². The van der Waals surface area contributed by atoms with E-state index in [2.05, 4.69) is 10.6 Å². The molecule has 1 aromatic carbocycles. The number of nitrogens with one attached hydrogen (secondary N) is 2. The third-order valence-electron chi connectivity index (χ3n) is 3.25. The summed E-state index contributed by atoms with van der Waals surface area (Å²) in [4.78, 5) is 22.9. The maximum atomic E-state index is 11.7. The molecule has 0 radical (unpaired) electrons. The lowest BCUT2D eigenvalue weighted by Crippen LogP contribution is -2.28. The molecule has 0 aromatic heterocycles. The molecule has 1 rings (SSSR count). The normalized spacial score (nSPS) is 11.7. The lowest BCUT2D eigenvalue weighted by molar-refractivity contribution is -0.123. The van der Waals surface area contributed by atoms with Gasteiger partial charge >= 0.3 is 0 Å². The van der Waals surface area contributed by atoms with Crippen LogP contribution >= 0.6 is 0 Å². The van der Waals surface area contributed by atoms with Gasteiger partial charge in [-0.3, -0.25) is 9.59 Å². The van der Waals surface area contributed by atoms with Crippen LogP contribution in [-0.2, 0) is 9.59 Å². The van der Waals surface area contributed by atoms with Crippen molar-refractivity contribution < 1.29 is 14.7 Å². The summed E-state index contributed by atoms with van der Waals surface area (Å²) < 4.78 is 0. The van der Waals surface area contributed by atoms with Crippen molar-refractivity contribution in [3.63, 3.8) is 0 Å². The fourth-order valence-corrected chi connectivity index (χ4v) is 1.99. The number of benzene rings is 1. The van der Waals surface area contributed by atoms with Gasteiger partial charge in [-0.1, -0.05) is 12.1 Å². The highest BCUT2D eigenvalue weighted by molar-refractivity contribution is 5.77. The van der Waals surface area contributed by atoms with Crippen LogP contribution in [0, 0.1) is 0 Å². The molecule has 1 atom stereocenters. The summed E-state index contributed by atoms with van der Waals surface area (Å²) in [7, 11) is 0. The van der Waals surface area contributed by atoms with Crippen LogP contribution in [0.15, 0.2) is 24.3 Å². The quantitative estimate of drug-likeness (QED) is 0.405. The predicted octanol–water partition coefficient (Wildman–Crippen LogP) is 1.11. The van der Waals surface area contributed by atoms with Crippen LogP contribution in [0.1, 0.15) is 44.3 Å². The van der Waals surface area contributed by atoms with Crippen molar-refractivity contribution in [1.82, 2.24) is 10.6 Å². The van der Waals surface area contributed by atoms with Gasteiger partial charge in [0.25, 0.3) is 0 Å². The molecule has 6 nitrogen and oxygen atoms in total. The number of carbonyl (C=O) groups is 2. The van der Waals surface area contributed by atoms with Crippen molar-refractivity contribution >= 4 is 17.5 Å². The Balaban J connectivity index is 2.17. The molecule has 0 aliphatic heterocycles. The molecule has 22 heavy (non-hydrogen) atoms. The highest BCUT2D eigenvalue weighted by atomic mass is 16.3. The number of anilines is 1. The van der Waals surface area contributed by atoms with Gasteiger partial charge in [0.2, 0.25) is 11.8 Å². The maximum absolute atomic E-state index is 11.7. The summed E-state index contributed by atoms with van der Waals surface area (Å²) in [5.41, 5.74) is 6.92. The van der Waals surface area contributed by atoms with Crippen LogP contribution in [0.2, 0.25) is 0 Å². The third-order valence-corrected chi connectivity index (χ3v) is 3.25. The lowest BCUT2D eigenvalue weighted by Gasteiger charge is -2.12. The summed E-state index contributed by atoms with van der Waals surface area (Å²) >= 11 is 0. The van der Waals surface area contributed by atoms with Crippen LogP contribution < -0.4 is 16.4 Å². The van der Waals surface area contributed by atoms with Crippen molar-refractivity contribution in [2.75, 3.05) is 18.8 Å². The number of hydrogen-bond acceptors (Lipinski definition) is 4. The number of nitrogens with two attached hydrogens (primary N) is 1. The number of aliphatic hydroxyl groups excluding tert-OH is 1. The molecular weight excluding hydrogens is 282 g/mol. The molecule has 1 unspecified atom stereocenters. The number of rotatable bonds is 9. The first-order chi connectivity index (χ1) is 10.5. The number of unbranched alkanes of at least 4 members (excludes halogenated alkanes) is 1. The zero-order valence-corrected chi connectivity index (χ0v) is 13.0. The van der Waals surface area contributed by atoms with Crippen molar-refractivity contribution in [3.8, 4) is 0 Å². The maximum Gasteiger partial charge on any atom is 0.220 e. The number of amides is 2. The zero-order chi connectivity index (χ0) is 16.4. The highest BCUT2D eigenvalue weighted by Crippen LogP contribution is 2.13. The number of aliphatic hydroxyl groups is 1. The van der Waals surface area contributed by atoms with Crippen molar-refractivity contribution in [3.05, 3.63) is 29.8 Å². The second kappa shape index (κ2) is 9.78. The first-order valence-electron chi connectivity index (χ1n) is 7.59. The Bertz CT molecular complexity index is 474. The van der Waals surface area contributed by atoms with Crippen molar-refractivity contribution in [2.24, 2.45) is 0 Å². The second-order valence-corrected chi connectivity index (χ2v) is 5.15. The largest absolute Gasteiger partial charge is 0.399 e. The molecule has 0 aliphatic rings. The summed E-state index contributed by atoms with van der Waals surface area (Å²) in [6, 6.07) is 6.89. The van der Waals surface area contributed by atoms with Crippen LogP contribution in [-0.4, -0.2) is 30.0 Å². The molecule has 0 saturated carbocycles. The van der Waals surface area contributed by atoms with E-state index in [1.165, 1.54) is 0 Å². The van der Waals surface area contributed by atoms with E-state index in [-0.39, 0.29) is 18.4 Å². The number of nitrogen functional groups attached to an aromatic ring is 1. The van der Waals surface area contributed by atoms with Crippen molar-refractivity contribution in [1.29, 1.82) is 0 Å².